The fraction of sp³-hybridized carbons (Fsp3) is 0.292. The molecular weight excluding hydrogens is 463 g/mol. The van der Waals surface area contributed by atoms with Crippen LogP contribution in [-0.4, -0.2) is 40.8 Å². The molecule has 1 aliphatic rings. The first-order valence-electron chi connectivity index (χ1n) is 10.7. The summed E-state index contributed by atoms with van der Waals surface area (Å²) in [5.41, 5.74) is 3.13. The Balaban J connectivity index is 1.73. The SMILES string of the molecule is CCOCCCN1C(=O)NC(c2ccc(Cl)cc2)C(c2nc(-c3ccc(Cl)cc3)no2)=C1C. The van der Waals surface area contributed by atoms with Crippen molar-refractivity contribution in [2.45, 2.75) is 26.3 Å². The van der Waals surface area contributed by atoms with Crippen LogP contribution in [0.5, 0.6) is 0 Å². The maximum Gasteiger partial charge on any atom is 0.322 e. The number of nitrogens with one attached hydrogen (secondary N) is 1. The van der Waals surface area contributed by atoms with Gasteiger partial charge >= 0.3 is 6.03 Å². The molecule has 2 amide bonds. The van der Waals surface area contributed by atoms with Crippen molar-refractivity contribution in [2.75, 3.05) is 19.8 Å². The Bertz CT molecular complexity index is 1140. The van der Waals surface area contributed by atoms with Gasteiger partial charge in [-0.25, -0.2) is 4.79 Å². The number of nitrogens with zero attached hydrogens (tertiary/aromatic N) is 3. The van der Waals surface area contributed by atoms with Gasteiger partial charge < -0.3 is 14.6 Å². The Hall–Kier alpha value is -2.87. The molecule has 1 unspecified atom stereocenters. The predicted octanol–water partition coefficient (Wildman–Crippen LogP) is 5.97. The van der Waals surface area contributed by atoms with Crippen LogP contribution >= 0.6 is 23.2 Å². The van der Waals surface area contributed by atoms with Crippen molar-refractivity contribution < 1.29 is 14.1 Å². The molecule has 3 aromatic rings. The van der Waals surface area contributed by atoms with Crippen LogP contribution in [0.2, 0.25) is 10.0 Å². The molecule has 0 fully saturated rings. The van der Waals surface area contributed by atoms with E-state index in [-0.39, 0.29) is 6.03 Å². The number of ether oxygens (including phenoxy) is 1. The normalized spacial score (nSPS) is 16.3. The van der Waals surface area contributed by atoms with E-state index in [1.54, 1.807) is 29.2 Å². The molecule has 0 saturated heterocycles. The van der Waals surface area contributed by atoms with Gasteiger partial charge in [-0.05, 0) is 62.2 Å². The van der Waals surface area contributed by atoms with Crippen molar-refractivity contribution >= 4 is 34.8 Å². The summed E-state index contributed by atoms with van der Waals surface area (Å²) in [7, 11) is 0. The van der Waals surface area contributed by atoms with Crippen molar-refractivity contribution in [3.05, 3.63) is 75.7 Å². The first-order valence-corrected chi connectivity index (χ1v) is 11.5. The second-order valence-corrected chi connectivity index (χ2v) is 8.44. The quantitative estimate of drug-likeness (QED) is 0.396. The van der Waals surface area contributed by atoms with Crippen molar-refractivity contribution in [2.24, 2.45) is 0 Å². The monoisotopic (exact) mass is 486 g/mol. The summed E-state index contributed by atoms with van der Waals surface area (Å²) in [6.07, 6.45) is 0.706. The Morgan fingerprint density at radius 3 is 2.42 bits per heavy atom. The van der Waals surface area contributed by atoms with Gasteiger partial charge in [0.25, 0.3) is 5.89 Å². The molecular formula is C24H24Cl2N4O3. The van der Waals surface area contributed by atoms with Crippen molar-refractivity contribution in [3.8, 4) is 11.4 Å². The lowest BCUT2D eigenvalue weighted by atomic mass is 9.94. The molecule has 9 heteroatoms. The summed E-state index contributed by atoms with van der Waals surface area (Å²) < 4.78 is 11.1. The van der Waals surface area contributed by atoms with Crippen molar-refractivity contribution in [1.29, 1.82) is 0 Å². The third-order valence-electron chi connectivity index (χ3n) is 5.43. The third-order valence-corrected chi connectivity index (χ3v) is 5.94. The maximum atomic E-state index is 13.0. The zero-order valence-electron chi connectivity index (χ0n) is 18.3. The van der Waals surface area contributed by atoms with Crippen LogP contribution in [-0.2, 0) is 4.74 Å². The van der Waals surface area contributed by atoms with Crippen LogP contribution in [0, 0.1) is 0 Å². The number of carbonyl (C=O) groups is 1. The van der Waals surface area contributed by atoms with Crippen LogP contribution < -0.4 is 5.32 Å². The van der Waals surface area contributed by atoms with Crippen molar-refractivity contribution in [1.82, 2.24) is 20.4 Å². The van der Waals surface area contributed by atoms with E-state index in [1.807, 2.05) is 38.1 Å². The number of rotatable bonds is 8. The van der Waals surface area contributed by atoms with E-state index in [4.69, 9.17) is 32.5 Å². The van der Waals surface area contributed by atoms with Gasteiger partial charge in [-0.2, -0.15) is 4.98 Å². The average Bonchev–Trinajstić information content (AvgIpc) is 3.29. The van der Waals surface area contributed by atoms with Crippen LogP contribution in [0.1, 0.15) is 37.8 Å². The molecule has 1 aromatic heterocycles. The van der Waals surface area contributed by atoms with E-state index in [9.17, 15) is 4.79 Å². The van der Waals surface area contributed by atoms with Crippen LogP contribution in [0.15, 0.2) is 58.8 Å². The molecule has 4 rings (SSSR count). The predicted molar refractivity (Wildman–Crippen MR) is 128 cm³/mol. The number of benzene rings is 2. The van der Waals surface area contributed by atoms with Gasteiger partial charge in [0.2, 0.25) is 5.82 Å². The minimum Gasteiger partial charge on any atom is -0.382 e. The molecule has 0 aliphatic carbocycles. The lowest BCUT2D eigenvalue weighted by Crippen LogP contribution is -2.46. The minimum atomic E-state index is -0.462. The second-order valence-electron chi connectivity index (χ2n) is 7.57. The summed E-state index contributed by atoms with van der Waals surface area (Å²) in [6.45, 7) is 5.56. The molecule has 0 bridgehead atoms. The van der Waals surface area contributed by atoms with Gasteiger partial charge in [0, 0.05) is 41.1 Å². The fourth-order valence-corrected chi connectivity index (χ4v) is 4.00. The van der Waals surface area contributed by atoms with E-state index in [1.165, 1.54) is 0 Å². The standard InChI is InChI=1S/C24H24Cl2N4O3/c1-3-32-14-4-13-30-15(2)20(21(27-24(30)31)16-5-9-18(25)10-6-16)23-28-22(29-33-23)17-7-11-19(26)12-8-17/h5-12,21H,3-4,13-14H2,1-2H3,(H,27,31). The summed E-state index contributed by atoms with van der Waals surface area (Å²) in [4.78, 5) is 19.3. The number of aromatic nitrogens is 2. The number of hydrogen-bond acceptors (Lipinski definition) is 5. The zero-order valence-corrected chi connectivity index (χ0v) is 19.9. The van der Waals surface area contributed by atoms with Gasteiger partial charge in [-0.3, -0.25) is 4.90 Å². The number of amides is 2. The molecule has 0 radical (unpaired) electrons. The van der Waals surface area contributed by atoms with E-state index >= 15 is 0 Å². The highest BCUT2D eigenvalue weighted by atomic mass is 35.5. The van der Waals surface area contributed by atoms with Gasteiger partial charge in [0.1, 0.15) is 0 Å². The molecule has 1 N–H and O–H groups in total. The molecule has 0 saturated carbocycles. The van der Waals surface area contributed by atoms with Crippen LogP contribution in [0.25, 0.3) is 17.0 Å². The second kappa shape index (κ2) is 10.4. The number of halogens is 2. The molecule has 33 heavy (non-hydrogen) atoms. The summed E-state index contributed by atoms with van der Waals surface area (Å²) in [5.74, 6) is 0.781. The molecule has 0 spiro atoms. The molecule has 7 nitrogen and oxygen atoms in total. The number of carbonyl (C=O) groups excluding carboxylic acids is 1. The maximum absolute atomic E-state index is 13.0. The van der Waals surface area contributed by atoms with Gasteiger partial charge in [0.15, 0.2) is 0 Å². The van der Waals surface area contributed by atoms with Gasteiger partial charge in [0.05, 0.1) is 11.6 Å². The van der Waals surface area contributed by atoms with E-state index < -0.39 is 6.04 Å². The molecule has 172 valence electrons. The summed E-state index contributed by atoms with van der Waals surface area (Å²) >= 11 is 12.1. The molecule has 1 aliphatic heterocycles. The zero-order chi connectivity index (χ0) is 23.4. The lowest BCUT2D eigenvalue weighted by Gasteiger charge is -2.35. The molecule has 2 aromatic carbocycles. The highest BCUT2D eigenvalue weighted by molar-refractivity contribution is 6.30. The number of allylic oxidation sites excluding steroid dienone is 1. The third kappa shape index (κ3) is 5.21. The van der Waals surface area contributed by atoms with Crippen LogP contribution in [0.4, 0.5) is 4.79 Å². The fourth-order valence-electron chi connectivity index (χ4n) is 3.75. The number of urea groups is 1. The minimum absolute atomic E-state index is 0.190. The van der Waals surface area contributed by atoms with Gasteiger partial charge in [-0.15, -0.1) is 0 Å². The molecule has 1 atom stereocenters. The highest BCUT2D eigenvalue weighted by Crippen LogP contribution is 2.37. The first-order chi connectivity index (χ1) is 16.0. The van der Waals surface area contributed by atoms with Crippen LogP contribution in [0.3, 0.4) is 0 Å². The van der Waals surface area contributed by atoms with E-state index in [0.29, 0.717) is 47.9 Å². The summed E-state index contributed by atoms with van der Waals surface area (Å²) in [5, 5.41) is 8.48. The van der Waals surface area contributed by atoms with E-state index in [2.05, 4.69) is 15.5 Å². The number of hydrogen-bond donors (Lipinski definition) is 1. The Labute approximate surface area is 202 Å². The van der Waals surface area contributed by atoms with E-state index in [0.717, 1.165) is 22.4 Å². The first kappa shape index (κ1) is 23.3. The topological polar surface area (TPSA) is 80.5 Å². The smallest absolute Gasteiger partial charge is 0.322 e. The largest absolute Gasteiger partial charge is 0.382 e. The summed E-state index contributed by atoms with van der Waals surface area (Å²) in [6, 6.07) is 13.9. The Morgan fingerprint density at radius 1 is 1.09 bits per heavy atom. The highest BCUT2D eigenvalue weighted by Gasteiger charge is 2.35. The van der Waals surface area contributed by atoms with Gasteiger partial charge in [-0.1, -0.05) is 40.5 Å². The Kier molecular flexibility index (Phi) is 7.33. The van der Waals surface area contributed by atoms with Crippen molar-refractivity contribution in [3.63, 3.8) is 0 Å². The average molecular weight is 487 g/mol. The lowest BCUT2D eigenvalue weighted by molar-refractivity contribution is 0.136. The Morgan fingerprint density at radius 2 is 1.76 bits per heavy atom. The molecule has 2 heterocycles.